The van der Waals surface area contributed by atoms with E-state index in [0.717, 1.165) is 12.0 Å². The third-order valence-corrected chi connectivity index (χ3v) is 2.60. The standard InChI is InChI=1S/C15H23NO4/c1-5-19-13(17)8-6-7-12-9-10-16(11-12)14(18)20-15(2,3)4/h6-8H,5,9-11H2,1-4H3/b8-6+,12-7+. The van der Waals surface area contributed by atoms with E-state index in [4.69, 9.17) is 9.47 Å². The molecule has 0 unspecified atom stereocenters. The van der Waals surface area contributed by atoms with Crippen molar-refractivity contribution in [2.24, 2.45) is 0 Å². The van der Waals surface area contributed by atoms with Crippen molar-refractivity contribution < 1.29 is 19.1 Å². The molecule has 1 aliphatic heterocycles. The summed E-state index contributed by atoms with van der Waals surface area (Å²) in [7, 11) is 0. The van der Waals surface area contributed by atoms with Gasteiger partial charge in [-0.2, -0.15) is 0 Å². The number of ether oxygens (including phenoxy) is 2. The van der Waals surface area contributed by atoms with Crippen molar-refractivity contribution in [1.29, 1.82) is 0 Å². The lowest BCUT2D eigenvalue weighted by Gasteiger charge is -2.23. The number of hydrogen-bond donors (Lipinski definition) is 0. The van der Waals surface area contributed by atoms with Crippen molar-refractivity contribution >= 4 is 12.1 Å². The largest absolute Gasteiger partial charge is 0.463 e. The van der Waals surface area contributed by atoms with Gasteiger partial charge < -0.3 is 14.4 Å². The molecule has 0 saturated carbocycles. The third-order valence-electron chi connectivity index (χ3n) is 2.60. The summed E-state index contributed by atoms with van der Waals surface area (Å²) in [4.78, 5) is 24.6. The molecule has 0 aromatic carbocycles. The molecule has 1 amide bonds. The first-order valence-corrected chi connectivity index (χ1v) is 6.82. The molecular formula is C15H23NO4. The maximum atomic E-state index is 11.9. The van der Waals surface area contributed by atoms with Gasteiger partial charge in [0.1, 0.15) is 5.60 Å². The van der Waals surface area contributed by atoms with E-state index >= 15 is 0 Å². The lowest BCUT2D eigenvalue weighted by atomic mass is 10.2. The Kier molecular flexibility index (Phi) is 5.80. The molecule has 1 fully saturated rings. The number of likely N-dealkylation sites (tertiary alicyclic amines) is 1. The molecule has 1 rings (SSSR count). The van der Waals surface area contributed by atoms with Crippen molar-refractivity contribution in [3.05, 3.63) is 23.8 Å². The fourth-order valence-corrected chi connectivity index (χ4v) is 1.75. The summed E-state index contributed by atoms with van der Waals surface area (Å²) < 4.78 is 10.1. The molecule has 0 aromatic rings. The molecule has 0 N–H and O–H groups in total. The first kappa shape index (κ1) is 16.3. The number of carbonyl (C=O) groups is 2. The van der Waals surface area contributed by atoms with E-state index in [9.17, 15) is 9.59 Å². The summed E-state index contributed by atoms with van der Waals surface area (Å²) in [6.45, 7) is 8.86. The van der Waals surface area contributed by atoms with Crippen LogP contribution in [-0.4, -0.2) is 42.3 Å². The number of hydrogen-bond acceptors (Lipinski definition) is 4. The second-order valence-corrected chi connectivity index (χ2v) is 5.59. The monoisotopic (exact) mass is 281 g/mol. The molecule has 0 aliphatic carbocycles. The molecule has 5 heteroatoms. The molecule has 0 spiro atoms. The van der Waals surface area contributed by atoms with Crippen molar-refractivity contribution in [1.82, 2.24) is 4.90 Å². The van der Waals surface area contributed by atoms with Gasteiger partial charge in [0, 0.05) is 19.2 Å². The van der Waals surface area contributed by atoms with Gasteiger partial charge in [-0.3, -0.25) is 0 Å². The molecule has 0 atom stereocenters. The molecule has 1 aliphatic rings. The minimum Gasteiger partial charge on any atom is -0.463 e. The average molecular weight is 281 g/mol. The van der Waals surface area contributed by atoms with Gasteiger partial charge in [-0.25, -0.2) is 9.59 Å². The Balaban J connectivity index is 2.47. The van der Waals surface area contributed by atoms with Crippen LogP contribution in [0.3, 0.4) is 0 Å². The Morgan fingerprint density at radius 1 is 1.35 bits per heavy atom. The predicted molar refractivity (Wildman–Crippen MR) is 76.3 cm³/mol. The molecule has 0 aromatic heterocycles. The van der Waals surface area contributed by atoms with Gasteiger partial charge >= 0.3 is 12.1 Å². The molecule has 5 nitrogen and oxygen atoms in total. The fraction of sp³-hybridized carbons (Fsp3) is 0.600. The molecule has 1 heterocycles. The van der Waals surface area contributed by atoms with Crippen LogP contribution >= 0.6 is 0 Å². The van der Waals surface area contributed by atoms with E-state index in [2.05, 4.69) is 0 Å². The predicted octanol–water partition coefficient (Wildman–Crippen LogP) is 2.67. The summed E-state index contributed by atoms with van der Waals surface area (Å²) >= 11 is 0. The highest BCUT2D eigenvalue weighted by molar-refractivity contribution is 5.82. The van der Waals surface area contributed by atoms with Crippen molar-refractivity contribution in [2.45, 2.75) is 39.7 Å². The smallest absolute Gasteiger partial charge is 0.410 e. The second-order valence-electron chi connectivity index (χ2n) is 5.59. The summed E-state index contributed by atoms with van der Waals surface area (Å²) in [5, 5.41) is 0. The van der Waals surface area contributed by atoms with Crippen molar-refractivity contribution in [3.8, 4) is 0 Å². The molecule has 0 bridgehead atoms. The van der Waals surface area contributed by atoms with E-state index in [1.54, 1.807) is 17.9 Å². The first-order chi connectivity index (χ1) is 9.31. The van der Waals surface area contributed by atoms with Crippen LogP contribution in [-0.2, 0) is 14.3 Å². The SMILES string of the molecule is CCOC(=O)/C=C/C=C1\CCN(C(=O)OC(C)(C)C)C1. The van der Waals surface area contributed by atoms with E-state index in [0.29, 0.717) is 19.7 Å². The van der Waals surface area contributed by atoms with E-state index < -0.39 is 5.60 Å². The normalized spacial score (nSPS) is 17.8. The van der Waals surface area contributed by atoms with Crippen molar-refractivity contribution in [2.75, 3.05) is 19.7 Å². The van der Waals surface area contributed by atoms with Gasteiger partial charge in [0.2, 0.25) is 0 Å². The Bertz CT molecular complexity index is 418. The van der Waals surface area contributed by atoms with E-state index in [1.807, 2.05) is 26.8 Å². The van der Waals surface area contributed by atoms with Gasteiger partial charge in [0.25, 0.3) is 0 Å². The number of amides is 1. The van der Waals surface area contributed by atoms with E-state index in [-0.39, 0.29) is 12.1 Å². The second kappa shape index (κ2) is 7.12. The maximum Gasteiger partial charge on any atom is 0.410 e. The minimum atomic E-state index is -0.479. The minimum absolute atomic E-state index is 0.296. The Labute approximate surface area is 120 Å². The van der Waals surface area contributed by atoms with Gasteiger partial charge in [0.15, 0.2) is 0 Å². The zero-order chi connectivity index (χ0) is 15.2. The lowest BCUT2D eigenvalue weighted by molar-refractivity contribution is -0.137. The van der Waals surface area contributed by atoms with Crippen LogP contribution in [0.15, 0.2) is 23.8 Å². The summed E-state index contributed by atoms with van der Waals surface area (Å²) in [5.41, 5.74) is 0.615. The number of allylic oxidation sites excluding steroid dienone is 2. The van der Waals surface area contributed by atoms with Crippen LogP contribution in [0.25, 0.3) is 0 Å². The highest BCUT2D eigenvalue weighted by atomic mass is 16.6. The molecule has 0 radical (unpaired) electrons. The van der Waals surface area contributed by atoms with Crippen molar-refractivity contribution in [3.63, 3.8) is 0 Å². The van der Waals surface area contributed by atoms with Crippen LogP contribution in [0.2, 0.25) is 0 Å². The molecule has 20 heavy (non-hydrogen) atoms. The Morgan fingerprint density at radius 3 is 2.65 bits per heavy atom. The van der Waals surface area contributed by atoms with Crippen LogP contribution in [0.4, 0.5) is 4.79 Å². The quantitative estimate of drug-likeness (QED) is 0.589. The van der Waals surface area contributed by atoms with Gasteiger partial charge in [-0.15, -0.1) is 0 Å². The zero-order valence-corrected chi connectivity index (χ0v) is 12.6. The maximum absolute atomic E-state index is 11.9. The Hall–Kier alpha value is -1.78. The molecule has 1 saturated heterocycles. The fourth-order valence-electron chi connectivity index (χ4n) is 1.75. The highest BCUT2D eigenvalue weighted by Gasteiger charge is 2.26. The topological polar surface area (TPSA) is 55.8 Å². The van der Waals surface area contributed by atoms with Crippen LogP contribution < -0.4 is 0 Å². The lowest BCUT2D eigenvalue weighted by Crippen LogP contribution is -2.34. The number of carbonyl (C=O) groups excluding carboxylic acids is 2. The number of nitrogens with zero attached hydrogens (tertiary/aromatic N) is 1. The van der Waals surface area contributed by atoms with Crippen LogP contribution in [0.5, 0.6) is 0 Å². The van der Waals surface area contributed by atoms with Gasteiger partial charge in [0.05, 0.1) is 6.61 Å². The van der Waals surface area contributed by atoms with Crippen LogP contribution in [0, 0.1) is 0 Å². The summed E-state index contributed by atoms with van der Waals surface area (Å²) in [5.74, 6) is -0.355. The zero-order valence-electron chi connectivity index (χ0n) is 12.6. The Morgan fingerprint density at radius 2 is 2.05 bits per heavy atom. The molecule has 112 valence electrons. The summed E-state index contributed by atoms with van der Waals surface area (Å²) in [6.07, 6.45) is 5.39. The number of rotatable bonds is 3. The highest BCUT2D eigenvalue weighted by Crippen LogP contribution is 2.18. The van der Waals surface area contributed by atoms with Crippen LogP contribution in [0.1, 0.15) is 34.1 Å². The molecular weight excluding hydrogens is 258 g/mol. The van der Waals surface area contributed by atoms with Gasteiger partial charge in [-0.1, -0.05) is 12.2 Å². The third kappa shape index (κ3) is 5.91. The van der Waals surface area contributed by atoms with Gasteiger partial charge in [-0.05, 0) is 39.7 Å². The first-order valence-electron chi connectivity index (χ1n) is 6.82. The summed E-state index contributed by atoms with van der Waals surface area (Å²) in [6, 6.07) is 0. The average Bonchev–Trinajstić information content (AvgIpc) is 2.76. The number of esters is 1. The van der Waals surface area contributed by atoms with E-state index in [1.165, 1.54) is 6.08 Å².